The number of nitrogens with zero attached hydrogens (tertiary/aromatic N) is 2. The molecule has 7 heteroatoms. The van der Waals surface area contributed by atoms with Gasteiger partial charge in [-0.25, -0.2) is 0 Å². The maximum absolute atomic E-state index is 10.6. The van der Waals surface area contributed by atoms with Gasteiger partial charge >= 0.3 is 0 Å². The third-order valence-electron chi connectivity index (χ3n) is 3.06. The van der Waals surface area contributed by atoms with E-state index in [4.69, 9.17) is 9.84 Å². The van der Waals surface area contributed by atoms with Gasteiger partial charge in [-0.05, 0) is 48.9 Å². The molecule has 0 bridgehead atoms. The smallest absolute Gasteiger partial charge is 0.269 e. The highest BCUT2D eigenvalue weighted by atomic mass is 16.6. The second-order valence-electron chi connectivity index (χ2n) is 4.71. The minimum Gasteiger partial charge on any atom is -0.491 e. The molecule has 0 atom stereocenters. The van der Waals surface area contributed by atoms with E-state index in [1.54, 1.807) is 24.3 Å². The quantitative estimate of drug-likeness (QED) is 0.465. The van der Waals surface area contributed by atoms with E-state index in [2.05, 4.69) is 10.5 Å². The minimum absolute atomic E-state index is 0.0264. The third-order valence-corrected chi connectivity index (χ3v) is 3.06. The normalized spacial score (nSPS) is 11.1. The Morgan fingerprint density at radius 2 is 1.87 bits per heavy atom. The Morgan fingerprint density at radius 3 is 2.43 bits per heavy atom. The van der Waals surface area contributed by atoms with Gasteiger partial charge < -0.3 is 9.84 Å². The molecule has 0 saturated heterocycles. The summed E-state index contributed by atoms with van der Waals surface area (Å²) in [5.74, 6) is 0.680. The van der Waals surface area contributed by atoms with Crippen molar-refractivity contribution in [2.75, 3.05) is 18.6 Å². The molecule has 0 amide bonds. The van der Waals surface area contributed by atoms with Gasteiger partial charge in [-0.15, -0.1) is 0 Å². The van der Waals surface area contributed by atoms with Crippen LogP contribution in [0.15, 0.2) is 53.6 Å². The highest BCUT2D eigenvalue weighted by molar-refractivity contribution is 5.99. The molecule has 2 aromatic rings. The van der Waals surface area contributed by atoms with E-state index < -0.39 is 4.92 Å². The number of nitro groups is 1. The van der Waals surface area contributed by atoms with Crippen LogP contribution in [0, 0.1) is 10.1 Å². The van der Waals surface area contributed by atoms with Gasteiger partial charge in [-0.3, -0.25) is 15.5 Å². The molecule has 2 rings (SSSR count). The topological polar surface area (TPSA) is 97.0 Å². The first-order valence-electron chi connectivity index (χ1n) is 6.99. The first-order valence-corrected chi connectivity index (χ1v) is 6.99. The zero-order valence-corrected chi connectivity index (χ0v) is 12.6. The maximum atomic E-state index is 10.6. The summed E-state index contributed by atoms with van der Waals surface area (Å²) in [6.45, 7) is 2.08. The van der Waals surface area contributed by atoms with Gasteiger partial charge in [0.25, 0.3) is 5.69 Å². The van der Waals surface area contributed by atoms with Gasteiger partial charge in [-0.1, -0.05) is 0 Å². The molecule has 0 heterocycles. The summed E-state index contributed by atoms with van der Waals surface area (Å²) in [6, 6.07) is 13.4. The van der Waals surface area contributed by atoms with E-state index in [-0.39, 0.29) is 18.9 Å². The van der Waals surface area contributed by atoms with E-state index in [9.17, 15) is 10.1 Å². The Kier molecular flexibility index (Phi) is 5.65. The number of hydrogen-bond donors (Lipinski definition) is 2. The number of benzene rings is 2. The molecule has 0 aliphatic heterocycles. The van der Waals surface area contributed by atoms with Crippen molar-refractivity contribution in [3.05, 3.63) is 64.2 Å². The van der Waals surface area contributed by atoms with E-state index in [1.807, 2.05) is 19.1 Å². The van der Waals surface area contributed by atoms with Crippen LogP contribution < -0.4 is 10.2 Å². The summed E-state index contributed by atoms with van der Waals surface area (Å²) in [4.78, 5) is 10.1. The van der Waals surface area contributed by atoms with Crippen LogP contribution in [0.25, 0.3) is 0 Å². The standard InChI is InChI=1S/C16H17N3O4/c1-12(13-2-8-16(9-3-13)23-11-10-20)17-18-14-4-6-15(7-5-14)19(21)22/h2-9,18,20H,10-11H2,1H3/b17-12-. The number of non-ortho nitro benzene ring substituents is 1. The lowest BCUT2D eigenvalue weighted by atomic mass is 10.1. The van der Waals surface area contributed by atoms with Crippen molar-refractivity contribution in [2.45, 2.75) is 6.92 Å². The molecule has 0 aliphatic carbocycles. The lowest BCUT2D eigenvalue weighted by Gasteiger charge is -2.06. The Bertz CT molecular complexity index is 681. The first-order chi connectivity index (χ1) is 11.1. The van der Waals surface area contributed by atoms with Gasteiger partial charge in [0.2, 0.25) is 0 Å². The number of anilines is 1. The first kappa shape index (κ1) is 16.4. The predicted octanol–water partition coefficient (Wildman–Crippen LogP) is 2.80. The zero-order valence-electron chi connectivity index (χ0n) is 12.6. The van der Waals surface area contributed by atoms with Crippen LogP contribution in [0.3, 0.4) is 0 Å². The number of rotatable bonds is 7. The van der Waals surface area contributed by atoms with Crippen molar-refractivity contribution in [2.24, 2.45) is 5.10 Å². The molecular formula is C16H17N3O4. The average molecular weight is 315 g/mol. The van der Waals surface area contributed by atoms with Crippen LogP contribution in [-0.2, 0) is 0 Å². The fourth-order valence-corrected chi connectivity index (χ4v) is 1.83. The summed E-state index contributed by atoms with van der Waals surface area (Å²) in [6.07, 6.45) is 0. The van der Waals surface area contributed by atoms with Crippen molar-refractivity contribution in [1.29, 1.82) is 0 Å². The Labute approximate surface area is 133 Å². The second-order valence-corrected chi connectivity index (χ2v) is 4.71. The number of hydrazone groups is 1. The van der Waals surface area contributed by atoms with Crippen molar-refractivity contribution >= 4 is 17.1 Å². The monoisotopic (exact) mass is 315 g/mol. The largest absolute Gasteiger partial charge is 0.491 e. The van der Waals surface area contributed by atoms with Gasteiger partial charge in [0.15, 0.2) is 0 Å². The molecular weight excluding hydrogens is 298 g/mol. The molecule has 2 aromatic carbocycles. The highest BCUT2D eigenvalue weighted by Crippen LogP contribution is 2.16. The molecule has 0 fully saturated rings. The molecule has 23 heavy (non-hydrogen) atoms. The predicted molar refractivity (Wildman–Crippen MR) is 88.0 cm³/mol. The number of aliphatic hydroxyl groups excluding tert-OH is 1. The molecule has 0 spiro atoms. The fourth-order valence-electron chi connectivity index (χ4n) is 1.83. The number of aliphatic hydroxyl groups is 1. The summed E-state index contributed by atoms with van der Waals surface area (Å²) in [5, 5.41) is 23.5. The van der Waals surface area contributed by atoms with E-state index in [0.717, 1.165) is 11.3 Å². The lowest BCUT2D eigenvalue weighted by Crippen LogP contribution is -2.03. The number of nitrogens with one attached hydrogen (secondary N) is 1. The number of hydrogen-bond acceptors (Lipinski definition) is 6. The average Bonchev–Trinajstić information content (AvgIpc) is 2.58. The summed E-state index contributed by atoms with van der Waals surface area (Å²) < 4.78 is 5.29. The highest BCUT2D eigenvalue weighted by Gasteiger charge is 2.03. The summed E-state index contributed by atoms with van der Waals surface area (Å²) in [7, 11) is 0. The van der Waals surface area contributed by atoms with Gasteiger partial charge in [0.05, 0.1) is 22.9 Å². The van der Waals surface area contributed by atoms with Crippen LogP contribution in [0.1, 0.15) is 12.5 Å². The van der Waals surface area contributed by atoms with Gasteiger partial charge in [0, 0.05) is 12.1 Å². The number of ether oxygens (including phenoxy) is 1. The van der Waals surface area contributed by atoms with Crippen molar-refractivity contribution in [3.8, 4) is 5.75 Å². The molecule has 7 nitrogen and oxygen atoms in total. The van der Waals surface area contributed by atoms with E-state index >= 15 is 0 Å². The summed E-state index contributed by atoms with van der Waals surface area (Å²) in [5.41, 5.74) is 5.23. The molecule has 0 aromatic heterocycles. The van der Waals surface area contributed by atoms with Crippen LogP contribution in [0.5, 0.6) is 5.75 Å². The fraction of sp³-hybridized carbons (Fsp3) is 0.188. The third kappa shape index (κ3) is 4.79. The van der Waals surface area contributed by atoms with Crippen LogP contribution >= 0.6 is 0 Å². The van der Waals surface area contributed by atoms with Crippen molar-refractivity contribution < 1.29 is 14.8 Å². The summed E-state index contributed by atoms with van der Waals surface area (Å²) >= 11 is 0. The molecule has 0 unspecified atom stereocenters. The zero-order chi connectivity index (χ0) is 16.7. The maximum Gasteiger partial charge on any atom is 0.269 e. The lowest BCUT2D eigenvalue weighted by molar-refractivity contribution is -0.384. The van der Waals surface area contributed by atoms with Crippen molar-refractivity contribution in [3.63, 3.8) is 0 Å². The van der Waals surface area contributed by atoms with Crippen LogP contribution in [0.2, 0.25) is 0 Å². The molecule has 0 saturated carbocycles. The molecule has 0 aliphatic rings. The Hall–Kier alpha value is -2.93. The van der Waals surface area contributed by atoms with Crippen LogP contribution in [-0.4, -0.2) is 29.0 Å². The second kappa shape index (κ2) is 7.90. The SMILES string of the molecule is C/C(=N/Nc1ccc([N+](=O)[O-])cc1)c1ccc(OCCO)cc1. The van der Waals surface area contributed by atoms with Crippen molar-refractivity contribution in [1.82, 2.24) is 0 Å². The molecule has 120 valence electrons. The Morgan fingerprint density at radius 1 is 1.22 bits per heavy atom. The molecule has 2 N–H and O–H groups in total. The van der Waals surface area contributed by atoms with Gasteiger partial charge in [-0.2, -0.15) is 5.10 Å². The van der Waals surface area contributed by atoms with Gasteiger partial charge in [0.1, 0.15) is 12.4 Å². The minimum atomic E-state index is -0.446. The molecule has 0 radical (unpaired) electrons. The van der Waals surface area contributed by atoms with E-state index in [0.29, 0.717) is 11.4 Å². The van der Waals surface area contributed by atoms with Crippen LogP contribution in [0.4, 0.5) is 11.4 Å². The Balaban J connectivity index is 2.00. The van der Waals surface area contributed by atoms with E-state index in [1.165, 1.54) is 12.1 Å². The number of nitro benzene ring substituents is 1.